The fourth-order valence-electron chi connectivity index (χ4n) is 3.36. The second kappa shape index (κ2) is 7.40. The van der Waals surface area contributed by atoms with Crippen LogP contribution >= 0.6 is 11.8 Å². The smallest absolute Gasteiger partial charge is 0.340 e. The van der Waals surface area contributed by atoms with Gasteiger partial charge in [-0.15, -0.1) is 0 Å². The van der Waals surface area contributed by atoms with E-state index < -0.39 is 0 Å². The molecule has 0 fully saturated rings. The number of phenols is 1. The number of nitrogens with zero attached hydrogens (tertiary/aromatic N) is 1. The molecule has 1 heterocycles. The Hall–Kier alpha value is -2.14. The first kappa shape index (κ1) is 17.7. The van der Waals surface area contributed by atoms with E-state index in [0.29, 0.717) is 12.2 Å². The van der Waals surface area contributed by atoms with Crippen molar-refractivity contribution in [2.45, 2.75) is 27.3 Å². The molecule has 1 aromatic heterocycles. The van der Waals surface area contributed by atoms with Crippen LogP contribution in [0.4, 0.5) is 0 Å². The van der Waals surface area contributed by atoms with Crippen molar-refractivity contribution in [2.75, 3.05) is 18.1 Å². The molecule has 0 spiro atoms. The molecule has 0 aliphatic rings. The van der Waals surface area contributed by atoms with Gasteiger partial charge in [0.05, 0.1) is 17.7 Å². The second-order valence-corrected chi connectivity index (χ2v) is 7.26. The predicted molar refractivity (Wildman–Crippen MR) is 105 cm³/mol. The summed E-state index contributed by atoms with van der Waals surface area (Å²) in [5.74, 6) is 1.89. The molecule has 0 saturated carbocycles. The highest BCUT2D eigenvalue weighted by molar-refractivity contribution is 7.99. The maximum Gasteiger partial charge on any atom is 0.340 e. The number of carbonyl (C=O) groups excluding carboxylic acids is 1. The van der Waals surface area contributed by atoms with Crippen molar-refractivity contribution < 1.29 is 14.6 Å². The van der Waals surface area contributed by atoms with Crippen LogP contribution in [-0.2, 0) is 11.3 Å². The zero-order valence-corrected chi connectivity index (χ0v) is 15.7. The average Bonchev–Trinajstić information content (AvgIpc) is 2.87. The van der Waals surface area contributed by atoms with Gasteiger partial charge < -0.3 is 14.4 Å². The minimum Gasteiger partial charge on any atom is -0.507 e. The number of aromatic hydroxyl groups is 1. The first-order valence-electron chi connectivity index (χ1n) is 8.58. The Morgan fingerprint density at radius 1 is 1.20 bits per heavy atom. The average molecular weight is 357 g/mol. The highest BCUT2D eigenvalue weighted by Crippen LogP contribution is 2.37. The summed E-state index contributed by atoms with van der Waals surface area (Å²) in [5.41, 5.74) is 2.44. The van der Waals surface area contributed by atoms with Gasteiger partial charge in [0.25, 0.3) is 0 Å². The third kappa shape index (κ3) is 3.09. The molecule has 3 aromatic rings. The quantitative estimate of drug-likeness (QED) is 0.511. The summed E-state index contributed by atoms with van der Waals surface area (Å²) < 4.78 is 7.46. The van der Waals surface area contributed by atoms with Gasteiger partial charge in [-0.1, -0.05) is 31.2 Å². The lowest BCUT2D eigenvalue weighted by atomic mass is 10.0. The molecule has 0 bridgehead atoms. The number of hydrogen-bond acceptors (Lipinski definition) is 4. The number of thioether (sulfide) groups is 1. The van der Waals surface area contributed by atoms with Crippen LogP contribution in [0, 0.1) is 6.92 Å². The lowest BCUT2D eigenvalue weighted by molar-refractivity contribution is 0.0527. The van der Waals surface area contributed by atoms with Crippen molar-refractivity contribution in [1.82, 2.24) is 4.57 Å². The van der Waals surface area contributed by atoms with E-state index in [1.54, 1.807) is 13.0 Å². The Morgan fingerprint density at radius 2 is 1.92 bits per heavy atom. The lowest BCUT2D eigenvalue weighted by Gasteiger charge is -2.10. The van der Waals surface area contributed by atoms with Crippen LogP contribution in [0.25, 0.3) is 21.7 Å². The second-order valence-electron chi connectivity index (χ2n) is 5.87. The van der Waals surface area contributed by atoms with E-state index in [-0.39, 0.29) is 11.7 Å². The van der Waals surface area contributed by atoms with Crippen molar-refractivity contribution in [2.24, 2.45) is 0 Å². The van der Waals surface area contributed by atoms with Crippen molar-refractivity contribution in [1.29, 1.82) is 0 Å². The third-order valence-electron chi connectivity index (χ3n) is 4.44. The zero-order chi connectivity index (χ0) is 18.0. The Kier molecular flexibility index (Phi) is 5.23. The molecule has 0 atom stereocenters. The Balaban J connectivity index is 2.33. The molecule has 132 valence electrons. The normalized spacial score (nSPS) is 11.3. The highest BCUT2D eigenvalue weighted by atomic mass is 32.2. The zero-order valence-electron chi connectivity index (χ0n) is 14.8. The summed E-state index contributed by atoms with van der Waals surface area (Å²) in [4.78, 5) is 12.5. The molecule has 0 aliphatic carbocycles. The fourth-order valence-corrected chi connectivity index (χ4v) is 3.96. The molecule has 0 amide bonds. The van der Waals surface area contributed by atoms with Gasteiger partial charge >= 0.3 is 5.97 Å². The van der Waals surface area contributed by atoms with Gasteiger partial charge in [0.1, 0.15) is 5.75 Å². The summed E-state index contributed by atoms with van der Waals surface area (Å²) in [5, 5.41) is 13.0. The molecule has 25 heavy (non-hydrogen) atoms. The van der Waals surface area contributed by atoms with Crippen molar-refractivity contribution in [3.63, 3.8) is 0 Å². The van der Waals surface area contributed by atoms with E-state index in [1.165, 1.54) is 0 Å². The molecule has 0 unspecified atom stereocenters. The molecule has 5 heteroatoms. The molecular formula is C20H23NO3S. The Morgan fingerprint density at radius 3 is 2.60 bits per heavy atom. The Labute approximate surface area is 151 Å². The van der Waals surface area contributed by atoms with Gasteiger partial charge in [-0.25, -0.2) is 4.79 Å². The number of esters is 1. The molecule has 4 nitrogen and oxygen atoms in total. The highest BCUT2D eigenvalue weighted by Gasteiger charge is 2.23. The summed E-state index contributed by atoms with van der Waals surface area (Å²) in [7, 11) is 0. The van der Waals surface area contributed by atoms with Gasteiger partial charge in [0.2, 0.25) is 0 Å². The van der Waals surface area contributed by atoms with E-state index in [1.807, 2.05) is 43.0 Å². The summed E-state index contributed by atoms with van der Waals surface area (Å²) in [6.45, 7) is 7.04. The number of rotatable bonds is 6. The third-order valence-corrected chi connectivity index (χ3v) is 5.32. The van der Waals surface area contributed by atoms with E-state index in [9.17, 15) is 9.90 Å². The number of phenolic OH excluding ortho intramolecular Hbond substituents is 1. The number of aryl methyl sites for hydroxylation is 1. The van der Waals surface area contributed by atoms with Crippen LogP contribution in [-0.4, -0.2) is 33.8 Å². The van der Waals surface area contributed by atoms with E-state index in [4.69, 9.17) is 4.74 Å². The minimum atomic E-state index is -0.332. The molecular weight excluding hydrogens is 334 g/mol. The monoisotopic (exact) mass is 357 g/mol. The Bertz CT molecular complexity index is 930. The van der Waals surface area contributed by atoms with Gasteiger partial charge in [0, 0.05) is 34.2 Å². The number of carbonyl (C=O) groups is 1. The first-order valence-corrected chi connectivity index (χ1v) is 9.73. The van der Waals surface area contributed by atoms with Crippen LogP contribution in [0.3, 0.4) is 0 Å². The molecule has 1 N–H and O–H groups in total. The van der Waals surface area contributed by atoms with Crippen LogP contribution in [0.1, 0.15) is 29.9 Å². The van der Waals surface area contributed by atoms with Crippen LogP contribution in [0.5, 0.6) is 5.75 Å². The van der Waals surface area contributed by atoms with Crippen molar-refractivity contribution >= 4 is 39.4 Å². The van der Waals surface area contributed by atoms with Crippen molar-refractivity contribution in [3.8, 4) is 5.75 Å². The molecule has 3 rings (SSSR count). The van der Waals surface area contributed by atoms with Gasteiger partial charge in [-0.05, 0) is 25.7 Å². The number of benzene rings is 2. The summed E-state index contributed by atoms with van der Waals surface area (Å²) in [6, 6.07) is 9.46. The summed E-state index contributed by atoms with van der Waals surface area (Å²) in [6.07, 6.45) is 0. The topological polar surface area (TPSA) is 51.5 Å². The van der Waals surface area contributed by atoms with E-state index in [2.05, 4.69) is 11.5 Å². The van der Waals surface area contributed by atoms with Crippen LogP contribution in [0.2, 0.25) is 0 Å². The number of hydrogen-bond donors (Lipinski definition) is 1. The number of ether oxygens (including phenoxy) is 1. The first-order chi connectivity index (χ1) is 12.1. The lowest BCUT2D eigenvalue weighted by Crippen LogP contribution is -2.08. The predicted octanol–water partition coefficient (Wildman–Crippen LogP) is 4.74. The van der Waals surface area contributed by atoms with E-state index in [0.717, 1.165) is 45.4 Å². The number of fused-ring (bicyclic) bond motifs is 3. The number of aromatic nitrogens is 1. The molecule has 0 saturated heterocycles. The molecule has 0 aliphatic heterocycles. The van der Waals surface area contributed by atoms with Gasteiger partial charge in [0.15, 0.2) is 0 Å². The van der Waals surface area contributed by atoms with E-state index >= 15 is 0 Å². The standard InChI is InChI=1S/C20H23NO3S/c1-4-24-20(23)18-13(3)21(10-11-25-5-2)19-15-9-7-6-8-14(15)17(22)12-16(18)19/h6-9,12,22H,4-5,10-11H2,1-3H3. The van der Waals surface area contributed by atoms with Crippen LogP contribution in [0.15, 0.2) is 30.3 Å². The maximum atomic E-state index is 12.5. The minimum absolute atomic E-state index is 0.189. The largest absolute Gasteiger partial charge is 0.507 e. The SMILES string of the molecule is CCOC(=O)c1c(C)n(CCSCC)c2c1cc(O)c1ccccc12. The van der Waals surface area contributed by atoms with Crippen molar-refractivity contribution in [3.05, 3.63) is 41.6 Å². The molecule has 0 radical (unpaired) electrons. The van der Waals surface area contributed by atoms with Crippen LogP contribution < -0.4 is 0 Å². The fraction of sp³-hybridized carbons (Fsp3) is 0.350. The van der Waals surface area contributed by atoms with Gasteiger partial charge in [-0.3, -0.25) is 0 Å². The summed E-state index contributed by atoms with van der Waals surface area (Å²) >= 11 is 1.87. The molecule has 2 aromatic carbocycles. The maximum absolute atomic E-state index is 12.5. The van der Waals surface area contributed by atoms with Gasteiger partial charge in [-0.2, -0.15) is 11.8 Å².